The number of aromatic amines is 1. The number of rotatable bonds is 2. The van der Waals surface area contributed by atoms with Gasteiger partial charge in [0, 0.05) is 10.2 Å². The molecule has 0 unspecified atom stereocenters. The molecule has 0 aliphatic carbocycles. The zero-order valence-electron chi connectivity index (χ0n) is 10.2. The number of amides is 1. The number of fused-ring (bicyclic) bond motifs is 1. The Morgan fingerprint density at radius 2 is 1.95 bits per heavy atom. The minimum Gasteiger partial charge on any atom is -0.366 e. The van der Waals surface area contributed by atoms with E-state index in [1.165, 1.54) is 0 Å². The van der Waals surface area contributed by atoms with Gasteiger partial charge in [0.05, 0.1) is 0 Å². The van der Waals surface area contributed by atoms with Gasteiger partial charge in [-0.15, -0.1) is 5.10 Å². The number of hydrogen-bond acceptors (Lipinski definition) is 4. The van der Waals surface area contributed by atoms with E-state index in [2.05, 4.69) is 36.4 Å². The molecular weight excluding hydrogens is 322 g/mol. The number of anilines is 2. The molecule has 7 heteroatoms. The fourth-order valence-corrected chi connectivity index (χ4v) is 2.24. The topological polar surface area (TPSA) is 96.7 Å². The summed E-state index contributed by atoms with van der Waals surface area (Å²) in [7, 11) is 0. The lowest BCUT2D eigenvalue weighted by Gasteiger charge is -2.05. The van der Waals surface area contributed by atoms with Gasteiger partial charge in [0.15, 0.2) is 0 Å². The summed E-state index contributed by atoms with van der Waals surface area (Å²) in [5.74, 6) is -0.262. The smallest absolute Gasteiger partial charge is 0.293 e. The molecule has 3 rings (SSSR count). The maximum absolute atomic E-state index is 11.9. The quantitative estimate of drug-likeness (QED) is 0.672. The van der Waals surface area contributed by atoms with Crippen LogP contribution in [0.2, 0.25) is 0 Å². The molecule has 0 aliphatic heterocycles. The number of H-pyrrole nitrogens is 1. The Balaban J connectivity index is 1.87. The van der Waals surface area contributed by atoms with Gasteiger partial charge in [-0.1, -0.05) is 28.1 Å². The maximum atomic E-state index is 11.9. The van der Waals surface area contributed by atoms with Crippen LogP contribution < -0.4 is 11.1 Å². The fourth-order valence-electron chi connectivity index (χ4n) is 1.86. The van der Waals surface area contributed by atoms with Gasteiger partial charge < -0.3 is 11.1 Å². The second kappa shape index (κ2) is 4.93. The van der Waals surface area contributed by atoms with Crippen molar-refractivity contribution in [2.75, 3.05) is 11.1 Å². The van der Waals surface area contributed by atoms with E-state index in [1.807, 2.05) is 36.4 Å². The summed E-state index contributed by atoms with van der Waals surface area (Å²) in [6.07, 6.45) is 0. The van der Waals surface area contributed by atoms with Gasteiger partial charge >= 0.3 is 0 Å². The highest BCUT2D eigenvalue weighted by Crippen LogP contribution is 2.23. The number of nitrogens with two attached hydrogens (primary N) is 1. The molecule has 1 heterocycles. The first-order valence-corrected chi connectivity index (χ1v) is 6.60. The molecular formula is C13H10BrN5O. The summed E-state index contributed by atoms with van der Waals surface area (Å²) in [5.41, 5.74) is 6.04. The lowest BCUT2D eigenvalue weighted by atomic mass is 10.1. The van der Waals surface area contributed by atoms with Crippen molar-refractivity contribution in [3.63, 3.8) is 0 Å². The van der Waals surface area contributed by atoms with Gasteiger partial charge in [-0.3, -0.25) is 9.89 Å². The minimum atomic E-state index is -0.384. The number of nitrogens with zero attached hydrogens (tertiary/aromatic N) is 2. The minimum absolute atomic E-state index is 0.0403. The van der Waals surface area contributed by atoms with Crippen LogP contribution in [-0.2, 0) is 0 Å². The highest BCUT2D eigenvalue weighted by Gasteiger charge is 2.11. The van der Waals surface area contributed by atoms with E-state index in [0.717, 1.165) is 15.2 Å². The normalized spacial score (nSPS) is 10.7. The molecule has 0 aliphatic rings. The van der Waals surface area contributed by atoms with Crippen LogP contribution in [0, 0.1) is 0 Å². The molecule has 6 nitrogen and oxygen atoms in total. The Kier molecular flexibility index (Phi) is 3.11. The largest absolute Gasteiger partial charge is 0.366 e. The summed E-state index contributed by atoms with van der Waals surface area (Å²) in [6.45, 7) is 0. The van der Waals surface area contributed by atoms with Crippen molar-refractivity contribution in [3.8, 4) is 0 Å². The molecule has 4 N–H and O–H groups in total. The van der Waals surface area contributed by atoms with Crippen molar-refractivity contribution in [1.29, 1.82) is 0 Å². The summed E-state index contributed by atoms with van der Waals surface area (Å²) in [4.78, 5) is 15.7. The van der Waals surface area contributed by atoms with Crippen molar-refractivity contribution >= 4 is 44.2 Å². The molecule has 1 amide bonds. The Hall–Kier alpha value is -2.41. The predicted octanol–water partition coefficient (Wildman–Crippen LogP) is 2.55. The van der Waals surface area contributed by atoms with Gasteiger partial charge in [-0.25, -0.2) is 0 Å². The van der Waals surface area contributed by atoms with Crippen molar-refractivity contribution in [3.05, 3.63) is 46.7 Å². The Labute approximate surface area is 122 Å². The Bertz CT molecular complexity index is 798. The summed E-state index contributed by atoms with van der Waals surface area (Å²) >= 11 is 3.42. The van der Waals surface area contributed by atoms with Crippen LogP contribution in [0.1, 0.15) is 10.6 Å². The first-order valence-electron chi connectivity index (χ1n) is 5.80. The summed E-state index contributed by atoms with van der Waals surface area (Å²) in [5, 5.41) is 10.9. The number of nitrogens with one attached hydrogen (secondary N) is 2. The lowest BCUT2D eigenvalue weighted by Crippen LogP contribution is -2.13. The van der Waals surface area contributed by atoms with Gasteiger partial charge in [-0.05, 0) is 35.0 Å². The van der Waals surface area contributed by atoms with Crippen molar-refractivity contribution < 1.29 is 4.79 Å². The monoisotopic (exact) mass is 331 g/mol. The number of carbonyl (C=O) groups excluding carboxylic acids is 1. The molecule has 0 atom stereocenters. The first-order chi connectivity index (χ1) is 9.61. The van der Waals surface area contributed by atoms with Crippen LogP contribution in [-0.4, -0.2) is 21.1 Å². The fraction of sp³-hybridized carbons (Fsp3) is 0. The zero-order valence-corrected chi connectivity index (χ0v) is 11.8. The van der Waals surface area contributed by atoms with E-state index >= 15 is 0 Å². The third-order valence-corrected chi connectivity index (χ3v) is 3.27. The molecule has 0 spiro atoms. The third-order valence-electron chi connectivity index (χ3n) is 2.78. The second-order valence-corrected chi connectivity index (χ2v) is 5.12. The number of nitrogen functional groups attached to an aromatic ring is 1. The molecule has 0 radical (unpaired) electrons. The molecule has 2 aromatic carbocycles. The number of aromatic nitrogens is 3. The van der Waals surface area contributed by atoms with Crippen LogP contribution in [0.15, 0.2) is 40.9 Å². The number of carbonyl (C=O) groups is 1. The van der Waals surface area contributed by atoms with Crippen molar-refractivity contribution in [1.82, 2.24) is 15.2 Å². The number of halogens is 1. The first kappa shape index (κ1) is 12.6. The predicted molar refractivity (Wildman–Crippen MR) is 80.4 cm³/mol. The van der Waals surface area contributed by atoms with Crippen LogP contribution in [0.5, 0.6) is 0 Å². The van der Waals surface area contributed by atoms with Crippen molar-refractivity contribution in [2.24, 2.45) is 0 Å². The average Bonchev–Trinajstić information content (AvgIpc) is 2.86. The van der Waals surface area contributed by atoms with Crippen molar-refractivity contribution in [2.45, 2.75) is 0 Å². The van der Waals surface area contributed by atoms with E-state index in [0.29, 0.717) is 5.69 Å². The van der Waals surface area contributed by atoms with E-state index < -0.39 is 0 Å². The molecule has 100 valence electrons. The molecule has 0 fully saturated rings. The molecule has 0 saturated heterocycles. The lowest BCUT2D eigenvalue weighted by molar-refractivity contribution is 0.101. The molecule has 3 aromatic rings. The van der Waals surface area contributed by atoms with Gasteiger partial charge in [0.1, 0.15) is 0 Å². The van der Waals surface area contributed by atoms with E-state index in [-0.39, 0.29) is 17.7 Å². The van der Waals surface area contributed by atoms with Gasteiger partial charge in [0.2, 0.25) is 11.8 Å². The average molecular weight is 332 g/mol. The van der Waals surface area contributed by atoms with E-state index in [4.69, 9.17) is 5.73 Å². The van der Waals surface area contributed by atoms with Crippen LogP contribution in [0.3, 0.4) is 0 Å². The van der Waals surface area contributed by atoms with Gasteiger partial charge in [0.25, 0.3) is 5.91 Å². The zero-order chi connectivity index (χ0) is 14.1. The standard InChI is InChI=1S/C13H10BrN5O/c14-9-3-1-8-6-10(4-2-7(8)5-9)16-12(20)11-17-13(15)19-18-11/h1-6H,(H,16,20)(H3,15,17,18,19). The van der Waals surface area contributed by atoms with E-state index in [1.54, 1.807) is 0 Å². The number of benzene rings is 2. The van der Waals surface area contributed by atoms with Crippen LogP contribution >= 0.6 is 15.9 Å². The summed E-state index contributed by atoms with van der Waals surface area (Å²) in [6, 6.07) is 11.6. The summed E-state index contributed by atoms with van der Waals surface area (Å²) < 4.78 is 1.01. The maximum Gasteiger partial charge on any atom is 0.293 e. The van der Waals surface area contributed by atoms with Crippen LogP contribution in [0.25, 0.3) is 10.8 Å². The SMILES string of the molecule is Nc1n[nH]c(C(=O)Nc2ccc3cc(Br)ccc3c2)n1. The third kappa shape index (κ3) is 2.48. The second-order valence-electron chi connectivity index (χ2n) is 4.20. The van der Waals surface area contributed by atoms with Gasteiger partial charge in [-0.2, -0.15) is 4.98 Å². The highest BCUT2D eigenvalue weighted by molar-refractivity contribution is 9.10. The number of hydrogen-bond donors (Lipinski definition) is 3. The Morgan fingerprint density at radius 3 is 2.70 bits per heavy atom. The van der Waals surface area contributed by atoms with Crippen LogP contribution in [0.4, 0.5) is 11.6 Å². The highest BCUT2D eigenvalue weighted by atomic mass is 79.9. The molecule has 20 heavy (non-hydrogen) atoms. The molecule has 0 bridgehead atoms. The molecule has 1 aromatic heterocycles. The molecule has 0 saturated carbocycles. The Morgan fingerprint density at radius 1 is 1.20 bits per heavy atom. The van der Waals surface area contributed by atoms with E-state index in [9.17, 15) is 4.79 Å².